The van der Waals surface area contributed by atoms with Crippen molar-refractivity contribution in [3.8, 4) is 0 Å². The van der Waals surface area contributed by atoms with Gasteiger partial charge in [0.05, 0.1) is 6.20 Å². The van der Waals surface area contributed by atoms with Crippen molar-refractivity contribution in [3.63, 3.8) is 0 Å². The maximum absolute atomic E-state index is 11.4. The molecule has 2 N–H and O–H groups in total. The van der Waals surface area contributed by atoms with Crippen LogP contribution in [0.3, 0.4) is 0 Å². The summed E-state index contributed by atoms with van der Waals surface area (Å²) in [6, 6.07) is 0. The zero-order valence-electron chi connectivity index (χ0n) is 9.40. The SMILES string of the molecule is CC(C)(C)c1cnc(C(=O)NCC(=O)O)o1. The van der Waals surface area contributed by atoms with Gasteiger partial charge in [-0.1, -0.05) is 20.8 Å². The van der Waals surface area contributed by atoms with Crippen molar-refractivity contribution in [1.29, 1.82) is 0 Å². The molecule has 0 saturated carbocycles. The predicted molar refractivity (Wildman–Crippen MR) is 55.2 cm³/mol. The van der Waals surface area contributed by atoms with Crippen LogP contribution in [0.25, 0.3) is 0 Å². The van der Waals surface area contributed by atoms with Crippen LogP contribution in [0.4, 0.5) is 0 Å². The first-order valence-corrected chi connectivity index (χ1v) is 4.77. The van der Waals surface area contributed by atoms with E-state index in [9.17, 15) is 9.59 Å². The van der Waals surface area contributed by atoms with E-state index in [1.165, 1.54) is 6.20 Å². The number of aliphatic carboxylic acids is 1. The Balaban J connectivity index is 2.71. The maximum atomic E-state index is 11.4. The fourth-order valence-corrected chi connectivity index (χ4v) is 0.957. The molecule has 0 atom stereocenters. The van der Waals surface area contributed by atoms with Gasteiger partial charge in [0.2, 0.25) is 0 Å². The summed E-state index contributed by atoms with van der Waals surface area (Å²) in [6.45, 7) is 5.32. The Bertz CT molecular complexity index is 403. The molecule has 0 aliphatic carbocycles. The van der Waals surface area contributed by atoms with Crippen LogP contribution in [0.15, 0.2) is 10.6 Å². The lowest BCUT2D eigenvalue weighted by molar-refractivity contribution is -0.135. The fraction of sp³-hybridized carbons (Fsp3) is 0.500. The molecule has 0 spiro atoms. The summed E-state index contributed by atoms with van der Waals surface area (Å²) in [4.78, 5) is 25.4. The van der Waals surface area contributed by atoms with Crippen molar-refractivity contribution in [1.82, 2.24) is 10.3 Å². The van der Waals surface area contributed by atoms with Gasteiger partial charge >= 0.3 is 11.9 Å². The van der Waals surface area contributed by atoms with Crippen LogP contribution in [0.1, 0.15) is 37.2 Å². The fourth-order valence-electron chi connectivity index (χ4n) is 0.957. The summed E-state index contributed by atoms with van der Waals surface area (Å²) in [7, 11) is 0. The number of nitrogens with zero attached hydrogens (tertiary/aromatic N) is 1. The van der Waals surface area contributed by atoms with Crippen LogP contribution in [0.5, 0.6) is 0 Å². The molecule has 1 amide bonds. The molecule has 1 heterocycles. The number of nitrogens with one attached hydrogen (secondary N) is 1. The summed E-state index contributed by atoms with van der Waals surface area (Å²) in [5, 5.41) is 10.5. The molecule has 0 bridgehead atoms. The molecule has 0 fully saturated rings. The molecule has 88 valence electrons. The van der Waals surface area contributed by atoms with Gasteiger partial charge in [-0.25, -0.2) is 4.98 Å². The molecule has 6 nitrogen and oxygen atoms in total. The van der Waals surface area contributed by atoms with Crippen LogP contribution in [-0.4, -0.2) is 28.5 Å². The predicted octanol–water partition coefficient (Wildman–Crippen LogP) is 0.786. The molecule has 16 heavy (non-hydrogen) atoms. The molecule has 0 aliphatic rings. The van der Waals surface area contributed by atoms with Crippen molar-refractivity contribution in [2.45, 2.75) is 26.2 Å². The van der Waals surface area contributed by atoms with Crippen molar-refractivity contribution in [3.05, 3.63) is 17.8 Å². The normalized spacial score (nSPS) is 11.2. The average Bonchev–Trinajstić information content (AvgIpc) is 2.61. The van der Waals surface area contributed by atoms with Gasteiger partial charge in [0.1, 0.15) is 12.3 Å². The number of carboxylic acids is 1. The highest BCUT2D eigenvalue weighted by atomic mass is 16.4. The Morgan fingerprint density at radius 3 is 2.56 bits per heavy atom. The van der Waals surface area contributed by atoms with E-state index in [1.807, 2.05) is 20.8 Å². The second-order valence-corrected chi connectivity index (χ2v) is 4.36. The van der Waals surface area contributed by atoms with E-state index in [1.54, 1.807) is 0 Å². The molecule has 0 saturated heterocycles. The van der Waals surface area contributed by atoms with E-state index in [4.69, 9.17) is 9.52 Å². The second-order valence-electron chi connectivity index (χ2n) is 4.36. The van der Waals surface area contributed by atoms with E-state index in [0.29, 0.717) is 5.76 Å². The highest BCUT2D eigenvalue weighted by Crippen LogP contribution is 2.22. The minimum atomic E-state index is -1.11. The van der Waals surface area contributed by atoms with Gasteiger partial charge in [0.25, 0.3) is 5.89 Å². The lowest BCUT2D eigenvalue weighted by Gasteiger charge is -2.12. The lowest BCUT2D eigenvalue weighted by atomic mass is 9.94. The number of carbonyl (C=O) groups excluding carboxylic acids is 1. The number of aromatic nitrogens is 1. The van der Waals surface area contributed by atoms with Crippen LogP contribution in [0, 0.1) is 0 Å². The minimum Gasteiger partial charge on any atom is -0.480 e. The molecule has 0 radical (unpaired) electrons. The van der Waals surface area contributed by atoms with Gasteiger partial charge in [-0.05, 0) is 0 Å². The van der Waals surface area contributed by atoms with Gasteiger partial charge in [0, 0.05) is 5.41 Å². The number of hydrogen-bond donors (Lipinski definition) is 2. The van der Waals surface area contributed by atoms with Crippen molar-refractivity contribution in [2.75, 3.05) is 6.54 Å². The van der Waals surface area contributed by atoms with Gasteiger partial charge < -0.3 is 14.8 Å². The lowest BCUT2D eigenvalue weighted by Crippen LogP contribution is -2.29. The average molecular weight is 226 g/mol. The van der Waals surface area contributed by atoms with Gasteiger partial charge in [0.15, 0.2) is 0 Å². The van der Waals surface area contributed by atoms with Crippen LogP contribution in [0.2, 0.25) is 0 Å². The molecule has 1 rings (SSSR count). The van der Waals surface area contributed by atoms with Crippen molar-refractivity contribution < 1.29 is 19.1 Å². The van der Waals surface area contributed by atoms with Crippen LogP contribution >= 0.6 is 0 Å². The minimum absolute atomic E-state index is 0.119. The van der Waals surface area contributed by atoms with Gasteiger partial charge in [-0.15, -0.1) is 0 Å². The smallest absolute Gasteiger partial charge is 0.322 e. The largest absolute Gasteiger partial charge is 0.480 e. The molecule has 1 aromatic rings. The third kappa shape index (κ3) is 3.08. The monoisotopic (exact) mass is 226 g/mol. The summed E-state index contributed by atoms with van der Waals surface area (Å²) < 4.78 is 5.23. The van der Waals surface area contributed by atoms with Gasteiger partial charge in [-0.3, -0.25) is 9.59 Å². The highest BCUT2D eigenvalue weighted by Gasteiger charge is 2.21. The molecule has 6 heteroatoms. The van der Waals surface area contributed by atoms with Crippen LogP contribution < -0.4 is 5.32 Å². The number of hydrogen-bond acceptors (Lipinski definition) is 4. The molecule has 0 aliphatic heterocycles. The summed E-state index contributed by atoms with van der Waals surface area (Å²) >= 11 is 0. The maximum Gasteiger partial charge on any atom is 0.322 e. The Hall–Kier alpha value is -1.85. The first-order valence-electron chi connectivity index (χ1n) is 4.77. The van der Waals surface area contributed by atoms with Crippen LogP contribution in [-0.2, 0) is 10.2 Å². The number of rotatable bonds is 3. The summed E-state index contributed by atoms with van der Waals surface area (Å²) in [5.41, 5.74) is -0.238. The zero-order valence-corrected chi connectivity index (χ0v) is 9.40. The van der Waals surface area contributed by atoms with Crippen molar-refractivity contribution in [2.24, 2.45) is 0 Å². The first-order chi connectivity index (χ1) is 7.30. The van der Waals surface area contributed by atoms with E-state index in [-0.39, 0.29) is 11.3 Å². The summed E-state index contributed by atoms with van der Waals surface area (Å²) in [5.74, 6) is -1.28. The second kappa shape index (κ2) is 4.34. The van der Waals surface area contributed by atoms with E-state index in [2.05, 4.69) is 10.3 Å². The Kier molecular flexibility index (Phi) is 3.31. The molecule has 0 unspecified atom stereocenters. The summed E-state index contributed by atoms with van der Waals surface area (Å²) in [6.07, 6.45) is 1.47. The third-order valence-electron chi connectivity index (χ3n) is 1.84. The van der Waals surface area contributed by atoms with E-state index in [0.717, 1.165) is 0 Å². The quantitative estimate of drug-likeness (QED) is 0.794. The van der Waals surface area contributed by atoms with E-state index < -0.39 is 18.4 Å². The Morgan fingerprint density at radius 2 is 2.12 bits per heavy atom. The Morgan fingerprint density at radius 1 is 1.50 bits per heavy atom. The number of carboxylic acid groups (broad SMARTS) is 1. The number of amides is 1. The molecule has 1 aromatic heterocycles. The molecule has 0 aromatic carbocycles. The Labute approximate surface area is 92.7 Å². The molecular weight excluding hydrogens is 212 g/mol. The highest BCUT2D eigenvalue weighted by molar-refractivity contribution is 5.91. The van der Waals surface area contributed by atoms with E-state index >= 15 is 0 Å². The van der Waals surface area contributed by atoms with Crippen molar-refractivity contribution >= 4 is 11.9 Å². The number of carbonyl (C=O) groups is 2. The first kappa shape index (κ1) is 12.2. The third-order valence-corrected chi connectivity index (χ3v) is 1.84. The zero-order chi connectivity index (χ0) is 12.3. The van der Waals surface area contributed by atoms with Gasteiger partial charge in [-0.2, -0.15) is 0 Å². The standard InChI is InChI=1S/C10H14N2O4/c1-10(2,3)6-4-12-9(16-6)8(15)11-5-7(13)14/h4H,5H2,1-3H3,(H,11,15)(H,13,14). The topological polar surface area (TPSA) is 92.4 Å². The molecular formula is C10H14N2O4. The number of oxazole rings is 1.